The lowest BCUT2D eigenvalue weighted by molar-refractivity contribution is -0.685. The van der Waals surface area contributed by atoms with E-state index in [1.165, 1.54) is 15.3 Å². The van der Waals surface area contributed by atoms with Crippen LogP contribution in [0.5, 0.6) is 0 Å². The van der Waals surface area contributed by atoms with Crippen molar-refractivity contribution in [2.45, 2.75) is 38.8 Å². The number of thiazole rings is 2. The molecule has 0 N–H and O–H groups in total. The molecule has 0 amide bonds. The third-order valence-electron chi connectivity index (χ3n) is 5.66. The van der Waals surface area contributed by atoms with Gasteiger partial charge in [0.15, 0.2) is 12.7 Å². The number of hydrogen-bond acceptors (Lipinski definition) is 6. The van der Waals surface area contributed by atoms with Gasteiger partial charge in [-0.25, -0.2) is 0 Å². The molecule has 4 nitrogen and oxygen atoms in total. The summed E-state index contributed by atoms with van der Waals surface area (Å²) in [7, 11) is 2.01. The van der Waals surface area contributed by atoms with Crippen LogP contribution in [-0.2, 0) is 13.1 Å². The van der Waals surface area contributed by atoms with Crippen LogP contribution in [0.3, 0.4) is 0 Å². The van der Waals surface area contributed by atoms with Gasteiger partial charge in [-0.15, -0.1) is 22.7 Å². The van der Waals surface area contributed by atoms with E-state index in [0.29, 0.717) is 11.6 Å². The van der Waals surface area contributed by atoms with Crippen LogP contribution in [0.4, 0.5) is 5.69 Å². The van der Waals surface area contributed by atoms with Gasteiger partial charge in [-0.05, 0) is 45.0 Å². The number of benzene rings is 1. The highest BCUT2D eigenvalue weighted by Crippen LogP contribution is 2.46. The lowest BCUT2D eigenvalue weighted by Gasteiger charge is -2.12. The Labute approximate surface area is 213 Å². The molecule has 9 heteroatoms. The molecule has 0 unspecified atom stereocenters. The fourth-order valence-corrected chi connectivity index (χ4v) is 8.52. The molecule has 0 aliphatic carbocycles. The number of aromatic nitrogens is 2. The van der Waals surface area contributed by atoms with Gasteiger partial charge in [0, 0.05) is 38.8 Å². The molecule has 0 spiro atoms. The second kappa shape index (κ2) is 9.07. The van der Waals surface area contributed by atoms with Crippen molar-refractivity contribution in [3.05, 3.63) is 80.7 Å². The van der Waals surface area contributed by atoms with E-state index in [9.17, 15) is 4.79 Å². The summed E-state index contributed by atoms with van der Waals surface area (Å²) >= 11 is 12.9. The van der Waals surface area contributed by atoms with Crippen LogP contribution in [0.25, 0.3) is 11.1 Å². The summed E-state index contributed by atoms with van der Waals surface area (Å²) in [5, 5.41) is 4.92. The van der Waals surface area contributed by atoms with Crippen molar-refractivity contribution < 1.29 is 4.57 Å². The van der Waals surface area contributed by atoms with Gasteiger partial charge < -0.3 is 4.90 Å². The van der Waals surface area contributed by atoms with E-state index in [4.69, 9.17) is 11.6 Å². The Kier molecular flexibility index (Phi) is 6.30. The summed E-state index contributed by atoms with van der Waals surface area (Å²) < 4.78 is 5.89. The van der Waals surface area contributed by atoms with Crippen LogP contribution >= 0.6 is 57.4 Å². The van der Waals surface area contributed by atoms with Crippen molar-refractivity contribution in [1.29, 1.82) is 0 Å². The third kappa shape index (κ3) is 4.23. The Morgan fingerprint density at radius 1 is 1.18 bits per heavy atom. The van der Waals surface area contributed by atoms with Gasteiger partial charge in [0.2, 0.25) is 0 Å². The Hall–Kier alpha value is -1.84. The molecule has 1 aromatic carbocycles. The van der Waals surface area contributed by atoms with Crippen LogP contribution in [-0.4, -0.2) is 11.6 Å². The molecule has 1 aliphatic rings. The van der Waals surface area contributed by atoms with E-state index in [-0.39, 0.29) is 5.56 Å². The molecule has 1 aliphatic heterocycles. The van der Waals surface area contributed by atoms with Crippen LogP contribution in [0, 0.1) is 13.8 Å². The Morgan fingerprint density at radius 3 is 2.73 bits per heavy atom. The van der Waals surface area contributed by atoms with Gasteiger partial charge in [0.1, 0.15) is 14.2 Å². The average molecular weight is 533 g/mol. The number of thiophene rings is 1. The maximum atomic E-state index is 13.4. The summed E-state index contributed by atoms with van der Waals surface area (Å²) in [4.78, 5) is 19.3. The van der Waals surface area contributed by atoms with Gasteiger partial charge in [-0.1, -0.05) is 34.7 Å². The summed E-state index contributed by atoms with van der Waals surface area (Å²) in [6, 6.07) is 8.14. The lowest BCUT2D eigenvalue weighted by Crippen LogP contribution is -2.36. The average Bonchev–Trinajstić information content (AvgIpc) is 3.50. The lowest BCUT2D eigenvalue weighted by atomic mass is 10.2. The molecular weight excluding hydrogens is 510 g/mol. The second-order valence-electron chi connectivity index (χ2n) is 7.85. The number of thioether (sulfide) groups is 1. The molecule has 170 valence electrons. The van der Waals surface area contributed by atoms with Gasteiger partial charge in [-0.3, -0.25) is 9.36 Å². The predicted molar refractivity (Wildman–Crippen MR) is 144 cm³/mol. The van der Waals surface area contributed by atoms with Crippen LogP contribution in [0.2, 0.25) is 5.02 Å². The topological polar surface area (TPSA) is 29.1 Å². The minimum atomic E-state index is 0.0643. The first-order valence-corrected chi connectivity index (χ1v) is 14.3. The Balaban J connectivity index is 1.61. The first kappa shape index (κ1) is 22.9. The first-order chi connectivity index (χ1) is 15.9. The van der Waals surface area contributed by atoms with E-state index >= 15 is 0 Å². The smallest absolute Gasteiger partial charge is 0.271 e. The van der Waals surface area contributed by atoms with Crippen molar-refractivity contribution in [2.75, 3.05) is 11.9 Å². The molecule has 4 aromatic rings. The summed E-state index contributed by atoms with van der Waals surface area (Å²) in [6.45, 7) is 7.84. The van der Waals surface area contributed by atoms with Crippen LogP contribution < -0.4 is 24.2 Å². The summed E-state index contributed by atoms with van der Waals surface area (Å²) in [5.41, 5.74) is 2.50. The number of nitrogens with zero attached hydrogens (tertiary/aromatic N) is 3. The van der Waals surface area contributed by atoms with Gasteiger partial charge in [-0.2, -0.15) is 4.57 Å². The number of aryl methyl sites for hydroxylation is 2. The van der Waals surface area contributed by atoms with E-state index in [0.717, 1.165) is 36.4 Å². The monoisotopic (exact) mass is 532 g/mol. The second-order valence-corrected chi connectivity index (χ2v) is 12.7. The third-order valence-corrected chi connectivity index (χ3v) is 10.2. The molecule has 0 saturated heterocycles. The fraction of sp³-hybridized carbons (Fsp3) is 0.250. The van der Waals surface area contributed by atoms with E-state index in [1.54, 1.807) is 34.4 Å². The number of rotatable bonds is 4. The van der Waals surface area contributed by atoms with E-state index < -0.39 is 0 Å². The standard InChI is InChI=1S/C24H23ClN3OS4/c1-5-28-21(12-20-27(8-9-30-20)13-16-10-14(2)31-15(16)3)33-22(23(28)29)24-26(4)18-7-6-17(25)11-19(18)32-24/h6-12H,5,13H2,1-4H3/q+1/b24-22+. The minimum absolute atomic E-state index is 0.0643. The molecular formula is C24H23ClN3OS4+. The normalized spacial score (nSPS) is 15.5. The van der Waals surface area contributed by atoms with Crippen LogP contribution in [0.15, 0.2) is 45.5 Å². The minimum Gasteiger partial charge on any atom is -0.337 e. The molecule has 33 heavy (non-hydrogen) atoms. The zero-order chi connectivity index (χ0) is 23.3. The largest absolute Gasteiger partial charge is 0.337 e. The highest BCUT2D eigenvalue weighted by Gasteiger charge is 2.25. The van der Waals surface area contributed by atoms with Crippen molar-refractivity contribution in [3.8, 4) is 0 Å². The maximum Gasteiger partial charge on any atom is 0.271 e. The van der Waals surface area contributed by atoms with Crippen molar-refractivity contribution >= 4 is 74.2 Å². The maximum absolute atomic E-state index is 13.4. The molecule has 4 heterocycles. The zero-order valence-electron chi connectivity index (χ0n) is 18.7. The molecule has 0 radical (unpaired) electrons. The first-order valence-electron chi connectivity index (χ1n) is 10.6. The molecule has 0 saturated carbocycles. The Morgan fingerprint density at radius 2 is 2.00 bits per heavy atom. The van der Waals surface area contributed by atoms with Gasteiger partial charge >= 0.3 is 0 Å². The molecule has 3 aromatic heterocycles. The Bertz CT molecular complexity index is 1540. The number of anilines is 1. The van der Waals surface area contributed by atoms with Gasteiger partial charge in [0.05, 0.1) is 17.1 Å². The molecule has 5 rings (SSSR count). The molecule has 0 fully saturated rings. The number of fused-ring (bicyclic) bond motifs is 1. The quantitative estimate of drug-likeness (QED) is 0.354. The molecule has 0 bridgehead atoms. The fourth-order valence-electron chi connectivity index (χ4n) is 3.99. The van der Waals surface area contributed by atoms with Crippen molar-refractivity contribution in [2.24, 2.45) is 0 Å². The van der Waals surface area contributed by atoms with Crippen molar-refractivity contribution in [1.82, 2.24) is 4.57 Å². The highest BCUT2D eigenvalue weighted by molar-refractivity contribution is 8.08. The highest BCUT2D eigenvalue weighted by atomic mass is 35.5. The zero-order valence-corrected chi connectivity index (χ0v) is 22.7. The van der Waals surface area contributed by atoms with Crippen molar-refractivity contribution in [3.63, 3.8) is 0 Å². The number of halogens is 1. The SMILES string of the molecule is CCn1c(=O)/c(=C2\Sc3cc(Cl)ccc3N2C)s/c1=C\c1scc[n+]1Cc1cc(C)sc1C. The van der Waals surface area contributed by atoms with Crippen LogP contribution in [0.1, 0.15) is 27.2 Å². The number of hydrogen-bond donors (Lipinski definition) is 0. The van der Waals surface area contributed by atoms with E-state index in [1.807, 2.05) is 48.1 Å². The van der Waals surface area contributed by atoms with E-state index in [2.05, 4.69) is 47.0 Å². The predicted octanol–water partition coefficient (Wildman–Crippen LogP) is 4.80. The summed E-state index contributed by atoms with van der Waals surface area (Å²) in [5.74, 6) is 0. The van der Waals surface area contributed by atoms with Gasteiger partial charge in [0.25, 0.3) is 10.6 Å². The molecule has 0 atom stereocenters. The summed E-state index contributed by atoms with van der Waals surface area (Å²) in [6.07, 6.45) is 4.28.